The third kappa shape index (κ3) is 9.60. The largest absolute Gasteiger partial charge is 0.542 e. The summed E-state index contributed by atoms with van der Waals surface area (Å²) in [5, 5.41) is 11.9. The fraction of sp³-hybridized carbons (Fsp3) is 0.167. The van der Waals surface area contributed by atoms with Crippen LogP contribution in [0.4, 0.5) is 13.2 Å². The summed E-state index contributed by atoms with van der Waals surface area (Å²) in [6.07, 6.45) is -5.19. The van der Waals surface area contributed by atoms with Gasteiger partial charge >= 0.3 is 12.1 Å². The molecule has 2 aromatic carbocycles. The van der Waals surface area contributed by atoms with Crippen LogP contribution in [0.2, 0.25) is 0 Å². The predicted octanol–water partition coefficient (Wildman–Crippen LogP) is -0.468. The van der Waals surface area contributed by atoms with Gasteiger partial charge in [0.1, 0.15) is 5.97 Å². The van der Waals surface area contributed by atoms with Gasteiger partial charge in [-0.05, 0) is 35.4 Å². The maximum absolute atomic E-state index is 11.1. The fourth-order valence-corrected chi connectivity index (χ4v) is 2.16. The molecule has 29 heavy (non-hydrogen) atoms. The van der Waals surface area contributed by atoms with Gasteiger partial charge in [-0.25, -0.2) is 0 Å². The zero-order valence-electron chi connectivity index (χ0n) is 14.9. The first kappa shape index (κ1) is 24.0. The number of guanidine groups is 1. The summed E-state index contributed by atoms with van der Waals surface area (Å²) >= 11 is 3.40. The topological polar surface area (TPSA) is 135 Å². The Morgan fingerprint density at radius 3 is 2.17 bits per heavy atom. The highest BCUT2D eigenvalue weighted by molar-refractivity contribution is 9.10. The van der Waals surface area contributed by atoms with Crippen molar-refractivity contribution in [1.29, 1.82) is 0 Å². The highest BCUT2D eigenvalue weighted by Gasteiger charge is 2.28. The lowest BCUT2D eigenvalue weighted by Gasteiger charge is -2.03. The number of aliphatic carboxylic acids is 1. The molecule has 0 aliphatic heterocycles. The number of alkyl halides is 3. The van der Waals surface area contributed by atoms with Crippen LogP contribution in [-0.2, 0) is 17.9 Å². The quantitative estimate of drug-likeness (QED) is 0.343. The van der Waals surface area contributed by atoms with Crippen LogP contribution < -0.4 is 26.9 Å². The molecule has 0 radical (unpaired) electrons. The van der Waals surface area contributed by atoms with Crippen molar-refractivity contribution in [3.63, 3.8) is 0 Å². The van der Waals surface area contributed by atoms with Crippen molar-refractivity contribution < 1.29 is 32.9 Å². The van der Waals surface area contributed by atoms with Crippen LogP contribution in [0.5, 0.6) is 0 Å². The second-order valence-corrected chi connectivity index (χ2v) is 6.51. The molecule has 11 heteroatoms. The van der Waals surface area contributed by atoms with Gasteiger partial charge in [-0.1, -0.05) is 40.2 Å². The van der Waals surface area contributed by atoms with Crippen molar-refractivity contribution in [2.75, 3.05) is 0 Å². The van der Waals surface area contributed by atoms with E-state index in [9.17, 15) is 18.0 Å². The van der Waals surface area contributed by atoms with Crippen molar-refractivity contribution in [1.82, 2.24) is 5.32 Å². The Kier molecular flexibility index (Phi) is 9.13. The van der Waals surface area contributed by atoms with E-state index in [0.29, 0.717) is 24.6 Å². The standard InChI is InChI=1S/C16H17BrN4O.C2HF3O2/c17-14-6-4-11(5-7-14)9-20-16(19)21-10-12-2-1-3-13(8-12)15(18)22;3-2(4,5)1(6)7/h1-8H,9-10H2,(H2,18,22)(H3,19,20,21);(H,6,7). The Balaban J connectivity index is 0.000000516. The Labute approximate surface area is 172 Å². The molecule has 0 spiro atoms. The van der Waals surface area contributed by atoms with Gasteiger partial charge < -0.3 is 15.6 Å². The molecule has 0 heterocycles. The first-order valence-electron chi connectivity index (χ1n) is 8.00. The maximum atomic E-state index is 11.1. The van der Waals surface area contributed by atoms with Crippen molar-refractivity contribution in [2.45, 2.75) is 19.3 Å². The number of benzene rings is 2. The summed E-state index contributed by atoms with van der Waals surface area (Å²) in [6.45, 7) is 1.15. The van der Waals surface area contributed by atoms with Crippen molar-refractivity contribution in [2.24, 2.45) is 11.5 Å². The van der Waals surface area contributed by atoms with E-state index in [-0.39, 0.29) is 0 Å². The molecule has 0 aromatic heterocycles. The minimum atomic E-state index is -5.19. The average Bonchev–Trinajstić information content (AvgIpc) is 2.66. The number of amides is 1. The summed E-state index contributed by atoms with van der Waals surface area (Å²) in [6, 6.07) is 15.1. The molecule has 156 valence electrons. The van der Waals surface area contributed by atoms with Gasteiger partial charge in [0.25, 0.3) is 0 Å². The number of carboxylic acids is 1. The lowest BCUT2D eigenvalue weighted by Crippen LogP contribution is -2.77. The van der Waals surface area contributed by atoms with Gasteiger partial charge in [-0.15, -0.1) is 0 Å². The zero-order valence-corrected chi connectivity index (χ0v) is 16.5. The third-order valence-corrected chi connectivity index (χ3v) is 3.85. The molecule has 2 rings (SSSR count). The van der Waals surface area contributed by atoms with Crippen molar-refractivity contribution >= 4 is 33.8 Å². The van der Waals surface area contributed by atoms with Crippen LogP contribution in [0.15, 0.2) is 53.0 Å². The van der Waals surface area contributed by atoms with Crippen LogP contribution in [-0.4, -0.2) is 24.0 Å². The average molecular weight is 475 g/mol. The van der Waals surface area contributed by atoms with E-state index >= 15 is 0 Å². The SMILES string of the molecule is NC(=O)c1cccc(C[NH+]=C(N)NCc2ccc(Br)cc2)c1.O=C([O-])C(F)(F)F. The zero-order chi connectivity index (χ0) is 22.0. The first-order valence-corrected chi connectivity index (χ1v) is 8.80. The first-order chi connectivity index (χ1) is 13.5. The highest BCUT2D eigenvalue weighted by atomic mass is 79.9. The summed E-state index contributed by atoms with van der Waals surface area (Å²) in [7, 11) is 0. The van der Waals surface area contributed by atoms with E-state index in [1.807, 2.05) is 30.3 Å². The molecule has 0 saturated carbocycles. The number of nitrogens with two attached hydrogens (primary N) is 2. The minimum Gasteiger partial charge on any atom is -0.542 e. The number of carbonyl (C=O) groups excluding carboxylic acids is 2. The predicted molar refractivity (Wildman–Crippen MR) is 101 cm³/mol. The molecule has 0 unspecified atom stereocenters. The Morgan fingerprint density at radius 2 is 1.66 bits per heavy atom. The Bertz CT molecular complexity index is 871. The van der Waals surface area contributed by atoms with Crippen molar-refractivity contribution in [3.05, 3.63) is 69.7 Å². The van der Waals surface area contributed by atoms with Crippen molar-refractivity contribution in [3.8, 4) is 0 Å². The fourth-order valence-electron chi connectivity index (χ4n) is 1.89. The molecule has 0 aliphatic carbocycles. The summed E-state index contributed by atoms with van der Waals surface area (Å²) in [4.78, 5) is 23.0. The van der Waals surface area contributed by atoms with Crippen LogP contribution in [0.25, 0.3) is 0 Å². The van der Waals surface area contributed by atoms with E-state index in [0.717, 1.165) is 15.6 Å². The van der Waals surface area contributed by atoms with Gasteiger partial charge in [-0.3, -0.25) is 20.8 Å². The van der Waals surface area contributed by atoms with E-state index in [1.165, 1.54) is 0 Å². The lowest BCUT2D eigenvalue weighted by molar-refractivity contribution is -0.478. The van der Waals surface area contributed by atoms with Gasteiger partial charge in [0.2, 0.25) is 5.91 Å². The number of hydrogen-bond acceptors (Lipinski definition) is 3. The molecule has 2 aromatic rings. The maximum Gasteiger partial charge on any atom is 0.430 e. The smallest absolute Gasteiger partial charge is 0.430 e. The molecule has 7 nitrogen and oxygen atoms in total. The number of carbonyl (C=O) groups is 2. The molecular weight excluding hydrogens is 457 g/mol. The van der Waals surface area contributed by atoms with Gasteiger partial charge in [0.15, 0.2) is 0 Å². The number of primary amides is 1. The highest BCUT2D eigenvalue weighted by Crippen LogP contribution is 2.11. The van der Waals surface area contributed by atoms with Crippen LogP contribution in [0.3, 0.4) is 0 Å². The second-order valence-electron chi connectivity index (χ2n) is 5.60. The normalized spacial score (nSPS) is 11.2. The van der Waals surface area contributed by atoms with E-state index < -0.39 is 18.1 Å². The van der Waals surface area contributed by atoms with Gasteiger partial charge in [-0.2, -0.15) is 13.2 Å². The van der Waals surface area contributed by atoms with E-state index in [1.54, 1.807) is 18.2 Å². The molecule has 6 N–H and O–H groups in total. The van der Waals surface area contributed by atoms with Gasteiger partial charge in [0.05, 0.1) is 13.1 Å². The molecule has 0 atom stereocenters. The Hall–Kier alpha value is -3.08. The lowest BCUT2D eigenvalue weighted by atomic mass is 10.1. The third-order valence-electron chi connectivity index (χ3n) is 3.32. The van der Waals surface area contributed by atoms with Crippen LogP contribution in [0, 0.1) is 0 Å². The Morgan fingerprint density at radius 1 is 1.07 bits per heavy atom. The number of hydrogen-bond donors (Lipinski definition) is 4. The van der Waals surface area contributed by atoms with Crippen LogP contribution >= 0.6 is 15.9 Å². The number of halogens is 4. The minimum absolute atomic E-state index is 0.438. The molecule has 0 bridgehead atoms. The number of nitrogens with one attached hydrogen (secondary N) is 2. The monoisotopic (exact) mass is 474 g/mol. The van der Waals surface area contributed by atoms with Gasteiger partial charge in [0, 0.05) is 10.0 Å². The van der Waals surface area contributed by atoms with Crippen LogP contribution in [0.1, 0.15) is 21.5 Å². The molecule has 0 fully saturated rings. The van der Waals surface area contributed by atoms with E-state index in [4.69, 9.17) is 21.4 Å². The summed E-state index contributed by atoms with van der Waals surface area (Å²) in [5.74, 6) is -2.97. The van der Waals surface area contributed by atoms with E-state index in [2.05, 4.69) is 26.2 Å². The summed E-state index contributed by atoms with van der Waals surface area (Å²) < 4.78 is 32.6. The number of carboxylic acid groups (broad SMARTS) is 1. The molecular formula is C18H18BrF3N4O3. The second kappa shape index (κ2) is 11.1. The molecule has 0 aliphatic rings. The summed E-state index contributed by atoms with van der Waals surface area (Å²) in [5.41, 5.74) is 13.7. The molecule has 1 amide bonds. The molecule has 0 saturated heterocycles. The number of rotatable bonds is 5.